The molecule has 0 fully saturated rings. The van der Waals surface area contributed by atoms with Crippen molar-refractivity contribution in [2.75, 3.05) is 5.32 Å². The summed E-state index contributed by atoms with van der Waals surface area (Å²) in [4.78, 5) is 12.6. The molecule has 94 valence electrons. The van der Waals surface area contributed by atoms with Crippen LogP contribution < -0.4 is 5.32 Å². The van der Waals surface area contributed by atoms with Crippen molar-refractivity contribution in [3.63, 3.8) is 0 Å². The molecule has 0 radical (unpaired) electrons. The van der Waals surface area contributed by atoms with Crippen LogP contribution in [-0.4, -0.2) is 5.24 Å². The third kappa shape index (κ3) is 2.67. The van der Waals surface area contributed by atoms with Crippen LogP contribution in [0.25, 0.3) is 11.0 Å². The second-order valence-electron chi connectivity index (χ2n) is 4.12. The summed E-state index contributed by atoms with van der Waals surface area (Å²) in [5.41, 5.74) is 2.82. The van der Waals surface area contributed by atoms with Gasteiger partial charge in [-0.05, 0) is 41.6 Å². The first-order chi connectivity index (χ1) is 9.22. The Bertz CT molecular complexity index is 667. The summed E-state index contributed by atoms with van der Waals surface area (Å²) in [5.74, 6) is 0. The number of hydrogen-bond acceptors (Lipinski definition) is 2. The van der Waals surface area contributed by atoms with E-state index in [1.165, 1.54) is 11.8 Å². The summed E-state index contributed by atoms with van der Waals surface area (Å²) in [6.45, 7) is 0. The topological polar surface area (TPSA) is 29.1 Å². The van der Waals surface area contributed by atoms with E-state index in [1.807, 2.05) is 48.5 Å². The second kappa shape index (κ2) is 5.11. The van der Waals surface area contributed by atoms with E-state index in [9.17, 15) is 4.79 Å². The molecule has 0 aromatic heterocycles. The number of anilines is 1. The van der Waals surface area contributed by atoms with Crippen LogP contribution in [0.1, 0.15) is 11.1 Å². The molecule has 0 atom stereocenters. The maximum Gasteiger partial charge on any atom is 0.288 e. The minimum Gasteiger partial charge on any atom is -0.316 e. The fourth-order valence-electron chi connectivity index (χ4n) is 1.93. The number of carbonyl (C=O) groups is 1. The molecule has 2 aromatic rings. The largest absolute Gasteiger partial charge is 0.316 e. The number of carbonyl (C=O) groups excluding carboxylic acids is 1. The van der Waals surface area contributed by atoms with Crippen LogP contribution in [0.5, 0.6) is 0 Å². The van der Waals surface area contributed by atoms with Gasteiger partial charge >= 0.3 is 0 Å². The maximum absolute atomic E-state index is 11.7. The molecule has 1 aliphatic rings. The normalized spacial score (nSPS) is 16.1. The highest BCUT2D eigenvalue weighted by Crippen LogP contribution is 2.40. The molecule has 0 saturated carbocycles. The maximum atomic E-state index is 11.7. The van der Waals surface area contributed by atoms with E-state index in [0.717, 1.165) is 21.7 Å². The Balaban J connectivity index is 2.10. The van der Waals surface area contributed by atoms with Gasteiger partial charge in [-0.2, -0.15) is 0 Å². The average Bonchev–Trinajstić information content (AvgIpc) is 2.41. The van der Waals surface area contributed by atoms with Gasteiger partial charge in [0.15, 0.2) is 0 Å². The Morgan fingerprint density at radius 2 is 1.89 bits per heavy atom. The fourth-order valence-corrected chi connectivity index (χ4v) is 2.93. The molecule has 4 heteroatoms. The molecule has 0 unspecified atom stereocenters. The summed E-state index contributed by atoms with van der Waals surface area (Å²) in [5, 5.41) is 3.42. The summed E-state index contributed by atoms with van der Waals surface area (Å²) < 4.78 is 0. The lowest BCUT2D eigenvalue weighted by atomic mass is 10.1. The van der Waals surface area contributed by atoms with E-state index < -0.39 is 0 Å². The molecule has 1 amide bonds. The van der Waals surface area contributed by atoms with Crippen LogP contribution in [0.3, 0.4) is 0 Å². The van der Waals surface area contributed by atoms with Gasteiger partial charge in [0.05, 0.1) is 0 Å². The summed E-state index contributed by atoms with van der Waals surface area (Å²) in [6, 6.07) is 15.4. The van der Waals surface area contributed by atoms with Gasteiger partial charge in [0.2, 0.25) is 0 Å². The van der Waals surface area contributed by atoms with E-state index in [0.29, 0.717) is 5.02 Å². The quantitative estimate of drug-likeness (QED) is 0.789. The van der Waals surface area contributed by atoms with Crippen molar-refractivity contribution in [1.29, 1.82) is 0 Å². The molecular formula is C15H10ClNOS. The number of fused-ring (bicyclic) bond motifs is 1. The van der Waals surface area contributed by atoms with Crippen molar-refractivity contribution >= 4 is 45.3 Å². The minimum atomic E-state index is -0.0722. The molecule has 0 spiro atoms. The van der Waals surface area contributed by atoms with Crippen molar-refractivity contribution in [1.82, 2.24) is 0 Å². The number of thioether (sulfide) groups is 1. The van der Waals surface area contributed by atoms with Crippen LogP contribution >= 0.6 is 23.4 Å². The zero-order chi connectivity index (χ0) is 13.2. The SMILES string of the molecule is O=C1Nc2ccc(Cl)cc2/C(=C/c2ccccc2)S1. The molecule has 0 bridgehead atoms. The highest BCUT2D eigenvalue weighted by atomic mass is 35.5. The first-order valence-corrected chi connectivity index (χ1v) is 6.97. The molecule has 3 rings (SSSR count). The van der Waals surface area contributed by atoms with Crippen molar-refractivity contribution in [2.24, 2.45) is 0 Å². The van der Waals surface area contributed by atoms with Gasteiger partial charge in [0.25, 0.3) is 5.24 Å². The molecule has 2 aromatic carbocycles. The lowest BCUT2D eigenvalue weighted by molar-refractivity contribution is 0.270. The monoisotopic (exact) mass is 287 g/mol. The number of benzene rings is 2. The first kappa shape index (κ1) is 12.3. The predicted molar refractivity (Wildman–Crippen MR) is 82.4 cm³/mol. The lowest BCUT2D eigenvalue weighted by Crippen LogP contribution is -2.11. The average molecular weight is 288 g/mol. The Morgan fingerprint density at radius 1 is 1.11 bits per heavy atom. The van der Waals surface area contributed by atoms with Crippen LogP contribution in [-0.2, 0) is 0 Å². The van der Waals surface area contributed by atoms with E-state index in [2.05, 4.69) is 5.32 Å². The summed E-state index contributed by atoms with van der Waals surface area (Å²) in [6.07, 6.45) is 2.00. The standard InChI is InChI=1S/C15H10ClNOS/c16-11-6-7-13-12(9-11)14(19-15(18)17-13)8-10-4-2-1-3-5-10/h1-9H,(H,17,18)/b14-8-. The summed E-state index contributed by atoms with van der Waals surface area (Å²) in [7, 11) is 0. The molecule has 19 heavy (non-hydrogen) atoms. The van der Waals surface area contributed by atoms with E-state index >= 15 is 0 Å². The van der Waals surface area contributed by atoms with Gasteiger partial charge in [0.1, 0.15) is 0 Å². The molecule has 1 N–H and O–H groups in total. The predicted octanol–water partition coefficient (Wildman–Crippen LogP) is 5.12. The van der Waals surface area contributed by atoms with Gasteiger partial charge in [-0.1, -0.05) is 41.9 Å². The van der Waals surface area contributed by atoms with Crippen molar-refractivity contribution in [2.45, 2.75) is 0 Å². The van der Waals surface area contributed by atoms with E-state index in [-0.39, 0.29) is 5.24 Å². The number of amides is 1. The fraction of sp³-hybridized carbons (Fsp3) is 0. The number of rotatable bonds is 1. The number of halogens is 1. The summed E-state index contributed by atoms with van der Waals surface area (Å²) >= 11 is 7.22. The molecule has 1 heterocycles. The van der Waals surface area contributed by atoms with Crippen molar-refractivity contribution in [3.8, 4) is 0 Å². The Morgan fingerprint density at radius 3 is 2.68 bits per heavy atom. The molecule has 0 aliphatic carbocycles. The van der Waals surface area contributed by atoms with Crippen LogP contribution in [0.2, 0.25) is 5.02 Å². The zero-order valence-corrected chi connectivity index (χ0v) is 11.5. The third-order valence-electron chi connectivity index (χ3n) is 2.78. The molecule has 1 aliphatic heterocycles. The van der Waals surface area contributed by atoms with Gasteiger partial charge in [-0.3, -0.25) is 4.79 Å². The van der Waals surface area contributed by atoms with Gasteiger partial charge < -0.3 is 5.32 Å². The Hall–Kier alpha value is -1.71. The second-order valence-corrected chi connectivity index (χ2v) is 5.57. The highest BCUT2D eigenvalue weighted by molar-refractivity contribution is 8.22. The molecule has 2 nitrogen and oxygen atoms in total. The lowest BCUT2D eigenvalue weighted by Gasteiger charge is -2.19. The Labute approximate surface area is 120 Å². The Kier molecular flexibility index (Phi) is 3.32. The number of hydrogen-bond donors (Lipinski definition) is 1. The molecule has 0 saturated heterocycles. The van der Waals surface area contributed by atoms with Gasteiger partial charge in [-0.15, -0.1) is 0 Å². The van der Waals surface area contributed by atoms with Crippen LogP contribution in [0.15, 0.2) is 48.5 Å². The number of nitrogens with one attached hydrogen (secondary N) is 1. The van der Waals surface area contributed by atoms with Gasteiger partial charge in [0, 0.05) is 21.2 Å². The van der Waals surface area contributed by atoms with Crippen LogP contribution in [0.4, 0.5) is 10.5 Å². The smallest absolute Gasteiger partial charge is 0.288 e. The zero-order valence-electron chi connectivity index (χ0n) is 9.89. The highest BCUT2D eigenvalue weighted by Gasteiger charge is 2.20. The van der Waals surface area contributed by atoms with Crippen molar-refractivity contribution < 1.29 is 4.79 Å². The van der Waals surface area contributed by atoms with Crippen LogP contribution in [0, 0.1) is 0 Å². The molecular weight excluding hydrogens is 278 g/mol. The third-order valence-corrected chi connectivity index (χ3v) is 3.86. The van der Waals surface area contributed by atoms with E-state index in [4.69, 9.17) is 11.6 Å². The van der Waals surface area contributed by atoms with Crippen molar-refractivity contribution in [3.05, 3.63) is 64.7 Å². The minimum absolute atomic E-state index is 0.0722. The first-order valence-electron chi connectivity index (χ1n) is 5.78. The van der Waals surface area contributed by atoms with Gasteiger partial charge in [-0.25, -0.2) is 0 Å². The van der Waals surface area contributed by atoms with E-state index in [1.54, 1.807) is 6.07 Å².